The van der Waals surface area contributed by atoms with Crippen LogP contribution in [-0.4, -0.2) is 38.4 Å². The summed E-state index contributed by atoms with van der Waals surface area (Å²) in [7, 11) is 0. The number of hydrogen-bond acceptors (Lipinski definition) is 6. The topological polar surface area (TPSA) is 125 Å². The Hall–Kier alpha value is -3.55. The SMILES string of the molecule is Cc1nc(/C2=C/CC[C@H](NC(=O)OC(C)(C)C)c3ccccc3CCC2)cnc1C(=N)C(=O)O. The van der Waals surface area contributed by atoms with E-state index in [1.165, 1.54) is 5.56 Å². The molecule has 0 bridgehead atoms. The number of carbonyl (C=O) groups excluding carboxylic acids is 1. The molecule has 1 aliphatic rings. The highest BCUT2D eigenvalue weighted by Crippen LogP contribution is 2.29. The van der Waals surface area contributed by atoms with Crippen LogP contribution in [0.3, 0.4) is 0 Å². The van der Waals surface area contributed by atoms with E-state index in [9.17, 15) is 9.59 Å². The van der Waals surface area contributed by atoms with Crippen molar-refractivity contribution in [2.45, 2.75) is 71.4 Å². The van der Waals surface area contributed by atoms with Crippen LogP contribution in [0.15, 0.2) is 36.5 Å². The summed E-state index contributed by atoms with van der Waals surface area (Å²) in [4.78, 5) is 32.4. The van der Waals surface area contributed by atoms with Crippen molar-refractivity contribution >= 4 is 23.3 Å². The molecule has 1 aromatic heterocycles. The number of nitrogens with one attached hydrogen (secondary N) is 2. The minimum absolute atomic E-state index is 0.0762. The Morgan fingerprint density at radius 2 is 1.94 bits per heavy atom. The Bertz CT molecular complexity index is 1120. The fourth-order valence-electron chi connectivity index (χ4n) is 4.07. The van der Waals surface area contributed by atoms with Crippen LogP contribution in [0.2, 0.25) is 0 Å². The normalized spacial score (nSPS) is 18.1. The second-order valence-corrected chi connectivity index (χ2v) is 9.43. The first kappa shape index (κ1) is 25.1. The van der Waals surface area contributed by atoms with Gasteiger partial charge in [-0.05, 0) is 76.5 Å². The summed E-state index contributed by atoms with van der Waals surface area (Å²) in [5.74, 6) is -1.33. The van der Waals surface area contributed by atoms with Gasteiger partial charge in [0.1, 0.15) is 11.3 Å². The average molecular weight is 465 g/mol. The molecular formula is C26H32N4O4. The standard InChI is InChI=1S/C26H32N4O4/c1-16-23(22(27)24(31)32)28-15-21(29-16)18-11-7-10-17-9-5-6-13-19(17)20(14-8-12-18)30-25(33)34-26(2,3)4/h5-6,9,12-13,15,20,27H,7-8,10-11,14H2,1-4H3,(H,30,33)(H,31,32)/b18-12+,27-22?/t20-/m0/s1. The van der Waals surface area contributed by atoms with Crippen molar-refractivity contribution in [2.75, 3.05) is 0 Å². The molecular weight excluding hydrogens is 432 g/mol. The summed E-state index contributed by atoms with van der Waals surface area (Å²) in [5, 5.41) is 19.8. The van der Waals surface area contributed by atoms with E-state index in [1.54, 1.807) is 13.1 Å². The van der Waals surface area contributed by atoms with Crippen LogP contribution in [0.25, 0.3) is 5.57 Å². The number of ether oxygens (including phenoxy) is 1. The smallest absolute Gasteiger partial charge is 0.408 e. The molecule has 8 heteroatoms. The fourth-order valence-corrected chi connectivity index (χ4v) is 4.07. The monoisotopic (exact) mass is 464 g/mol. The molecule has 0 saturated carbocycles. The molecule has 8 nitrogen and oxygen atoms in total. The zero-order chi connectivity index (χ0) is 24.9. The first-order valence-electron chi connectivity index (χ1n) is 11.5. The molecule has 1 aliphatic carbocycles. The largest absolute Gasteiger partial charge is 0.476 e. The Morgan fingerprint density at radius 1 is 1.21 bits per heavy atom. The van der Waals surface area contributed by atoms with Crippen LogP contribution < -0.4 is 5.32 Å². The number of carboxylic acid groups (broad SMARTS) is 1. The summed E-state index contributed by atoms with van der Waals surface area (Å²) >= 11 is 0. The predicted molar refractivity (Wildman–Crippen MR) is 130 cm³/mol. The molecule has 1 atom stereocenters. The molecule has 0 radical (unpaired) electrons. The molecule has 0 aliphatic heterocycles. The third-order valence-corrected chi connectivity index (χ3v) is 5.59. The molecule has 0 spiro atoms. The van der Waals surface area contributed by atoms with Gasteiger partial charge in [0.05, 0.1) is 23.6 Å². The first-order valence-corrected chi connectivity index (χ1v) is 11.5. The third kappa shape index (κ3) is 6.50. The molecule has 0 unspecified atom stereocenters. The highest BCUT2D eigenvalue weighted by molar-refractivity contribution is 6.40. The van der Waals surface area contributed by atoms with E-state index in [2.05, 4.69) is 33.5 Å². The maximum Gasteiger partial charge on any atom is 0.408 e. The van der Waals surface area contributed by atoms with E-state index in [-0.39, 0.29) is 11.7 Å². The average Bonchev–Trinajstić information content (AvgIpc) is 2.76. The Labute approximate surface area is 200 Å². The maximum absolute atomic E-state index is 12.5. The second-order valence-electron chi connectivity index (χ2n) is 9.43. The Balaban J connectivity index is 1.85. The zero-order valence-corrected chi connectivity index (χ0v) is 20.1. The van der Waals surface area contributed by atoms with Gasteiger partial charge in [0.2, 0.25) is 0 Å². The number of fused-ring (bicyclic) bond motifs is 1. The summed E-state index contributed by atoms with van der Waals surface area (Å²) in [5.41, 5.74) is 3.36. The van der Waals surface area contributed by atoms with Gasteiger partial charge in [0.15, 0.2) is 5.71 Å². The fraction of sp³-hybridized carbons (Fsp3) is 0.423. The number of rotatable bonds is 4. The number of aryl methyl sites for hydroxylation is 2. The second kappa shape index (κ2) is 10.6. The van der Waals surface area contributed by atoms with Gasteiger partial charge in [-0.15, -0.1) is 0 Å². The van der Waals surface area contributed by atoms with Crippen molar-refractivity contribution in [3.8, 4) is 0 Å². The third-order valence-electron chi connectivity index (χ3n) is 5.59. The van der Waals surface area contributed by atoms with Gasteiger partial charge in [-0.3, -0.25) is 10.4 Å². The first-order chi connectivity index (χ1) is 16.0. The molecule has 0 saturated heterocycles. The number of carboxylic acids is 1. The molecule has 3 N–H and O–H groups in total. The number of amides is 1. The van der Waals surface area contributed by atoms with Crippen molar-refractivity contribution in [1.29, 1.82) is 5.41 Å². The molecule has 34 heavy (non-hydrogen) atoms. The van der Waals surface area contributed by atoms with Crippen LogP contribution in [0, 0.1) is 12.3 Å². The summed E-state index contributed by atoms with van der Waals surface area (Å²) in [6.07, 6.45) is 7.13. The lowest BCUT2D eigenvalue weighted by Crippen LogP contribution is -2.35. The number of alkyl carbamates (subject to hydrolysis) is 1. The predicted octanol–water partition coefficient (Wildman–Crippen LogP) is 5.00. The van der Waals surface area contributed by atoms with E-state index in [0.717, 1.165) is 30.4 Å². The zero-order valence-electron chi connectivity index (χ0n) is 20.1. The maximum atomic E-state index is 12.5. The summed E-state index contributed by atoms with van der Waals surface area (Å²) in [6, 6.07) is 7.98. The van der Waals surface area contributed by atoms with Gasteiger partial charge in [-0.25, -0.2) is 14.6 Å². The molecule has 1 amide bonds. The van der Waals surface area contributed by atoms with E-state index < -0.39 is 23.4 Å². The van der Waals surface area contributed by atoms with Crippen molar-refractivity contribution < 1.29 is 19.4 Å². The van der Waals surface area contributed by atoms with Crippen molar-refractivity contribution in [2.24, 2.45) is 0 Å². The van der Waals surface area contributed by atoms with E-state index in [1.807, 2.05) is 32.9 Å². The summed E-state index contributed by atoms with van der Waals surface area (Å²) < 4.78 is 5.49. The number of carbonyl (C=O) groups is 2. The number of hydrogen-bond donors (Lipinski definition) is 3. The number of aliphatic carboxylic acids is 1. The number of nitrogens with zero attached hydrogens (tertiary/aromatic N) is 2. The molecule has 1 heterocycles. The lowest BCUT2D eigenvalue weighted by molar-refractivity contribution is -0.129. The molecule has 0 fully saturated rings. The van der Waals surface area contributed by atoms with Gasteiger partial charge in [0, 0.05) is 0 Å². The van der Waals surface area contributed by atoms with Gasteiger partial charge in [0.25, 0.3) is 0 Å². The number of benzene rings is 1. The highest BCUT2D eigenvalue weighted by atomic mass is 16.6. The number of aromatic nitrogens is 2. The van der Waals surface area contributed by atoms with Crippen LogP contribution in [0.5, 0.6) is 0 Å². The lowest BCUT2D eigenvalue weighted by atomic mass is 9.90. The quantitative estimate of drug-likeness (QED) is 0.547. The van der Waals surface area contributed by atoms with Crippen LogP contribution in [0.1, 0.15) is 80.7 Å². The van der Waals surface area contributed by atoms with Gasteiger partial charge in [-0.1, -0.05) is 30.3 Å². The molecule has 1 aromatic carbocycles. The Morgan fingerprint density at radius 3 is 2.62 bits per heavy atom. The van der Waals surface area contributed by atoms with Gasteiger partial charge >= 0.3 is 12.1 Å². The van der Waals surface area contributed by atoms with Crippen molar-refractivity contribution in [3.63, 3.8) is 0 Å². The molecule has 2 aromatic rings. The molecule has 3 rings (SSSR count). The lowest BCUT2D eigenvalue weighted by Gasteiger charge is -2.26. The van der Waals surface area contributed by atoms with E-state index in [0.29, 0.717) is 24.2 Å². The molecule has 180 valence electrons. The minimum atomic E-state index is -1.33. The van der Waals surface area contributed by atoms with Crippen LogP contribution in [0.4, 0.5) is 4.79 Å². The Kier molecular flexibility index (Phi) is 7.81. The van der Waals surface area contributed by atoms with Gasteiger partial charge in [-0.2, -0.15) is 0 Å². The van der Waals surface area contributed by atoms with Crippen LogP contribution >= 0.6 is 0 Å². The van der Waals surface area contributed by atoms with Crippen LogP contribution in [-0.2, 0) is 16.0 Å². The van der Waals surface area contributed by atoms with E-state index in [4.69, 9.17) is 15.3 Å². The minimum Gasteiger partial charge on any atom is -0.476 e. The van der Waals surface area contributed by atoms with Gasteiger partial charge < -0.3 is 15.2 Å². The van der Waals surface area contributed by atoms with Crippen molar-refractivity contribution in [3.05, 3.63) is 64.7 Å². The highest BCUT2D eigenvalue weighted by Gasteiger charge is 2.23. The number of allylic oxidation sites excluding steroid dienone is 2. The summed E-state index contributed by atoms with van der Waals surface area (Å²) in [6.45, 7) is 7.19. The van der Waals surface area contributed by atoms with E-state index >= 15 is 0 Å². The van der Waals surface area contributed by atoms with Crippen molar-refractivity contribution in [1.82, 2.24) is 15.3 Å².